The summed E-state index contributed by atoms with van der Waals surface area (Å²) in [5.41, 5.74) is 0. The zero-order chi connectivity index (χ0) is 18.8. The second-order valence-electron chi connectivity index (χ2n) is 7.38. The highest BCUT2D eigenvalue weighted by molar-refractivity contribution is 5.66. The van der Waals surface area contributed by atoms with Gasteiger partial charge >= 0.3 is 11.9 Å². The van der Waals surface area contributed by atoms with Crippen LogP contribution in [-0.4, -0.2) is 22.2 Å². The van der Waals surface area contributed by atoms with Crippen LogP contribution in [0.15, 0.2) is 0 Å². The molecule has 0 amide bonds. The van der Waals surface area contributed by atoms with Gasteiger partial charge in [-0.3, -0.25) is 9.59 Å². The van der Waals surface area contributed by atoms with Crippen molar-refractivity contribution in [2.24, 2.45) is 5.92 Å². The van der Waals surface area contributed by atoms with Crippen molar-refractivity contribution >= 4 is 11.9 Å². The Hall–Kier alpha value is -1.06. The van der Waals surface area contributed by atoms with Crippen molar-refractivity contribution in [1.82, 2.24) is 0 Å². The molecule has 0 aliphatic rings. The lowest BCUT2D eigenvalue weighted by Gasteiger charge is -2.13. The summed E-state index contributed by atoms with van der Waals surface area (Å²) in [4.78, 5) is 21.0. The van der Waals surface area contributed by atoms with Crippen LogP contribution in [0.3, 0.4) is 0 Å². The first-order chi connectivity index (χ1) is 12.1. The molecular formula is C21H40O4. The summed E-state index contributed by atoms with van der Waals surface area (Å²) in [6.45, 7) is 2.17. The lowest BCUT2D eigenvalue weighted by Crippen LogP contribution is -2.03. The van der Waals surface area contributed by atoms with Gasteiger partial charge in [-0.25, -0.2) is 0 Å². The molecule has 0 aromatic heterocycles. The summed E-state index contributed by atoms with van der Waals surface area (Å²) >= 11 is 0. The SMILES string of the molecule is CCC(CCCCCCCCCCCCCCC(=O)O)CCC(=O)O. The Morgan fingerprint density at radius 2 is 1.00 bits per heavy atom. The summed E-state index contributed by atoms with van der Waals surface area (Å²) in [6.07, 6.45) is 18.5. The van der Waals surface area contributed by atoms with Crippen LogP contribution in [0.4, 0.5) is 0 Å². The van der Waals surface area contributed by atoms with Crippen LogP contribution < -0.4 is 0 Å². The third-order valence-electron chi connectivity index (χ3n) is 5.10. The number of rotatable bonds is 19. The topological polar surface area (TPSA) is 74.6 Å². The van der Waals surface area contributed by atoms with E-state index in [0.29, 0.717) is 18.8 Å². The first kappa shape index (κ1) is 23.9. The van der Waals surface area contributed by atoms with Crippen molar-refractivity contribution in [1.29, 1.82) is 0 Å². The van der Waals surface area contributed by atoms with E-state index in [0.717, 1.165) is 25.7 Å². The van der Waals surface area contributed by atoms with E-state index in [-0.39, 0.29) is 0 Å². The Bertz CT molecular complexity index is 328. The van der Waals surface area contributed by atoms with Crippen molar-refractivity contribution in [3.63, 3.8) is 0 Å². The molecule has 4 heteroatoms. The van der Waals surface area contributed by atoms with Crippen LogP contribution in [0.1, 0.15) is 116 Å². The van der Waals surface area contributed by atoms with Gasteiger partial charge in [0.1, 0.15) is 0 Å². The number of unbranched alkanes of at least 4 members (excludes halogenated alkanes) is 11. The maximum absolute atomic E-state index is 10.6. The minimum Gasteiger partial charge on any atom is -0.481 e. The lowest BCUT2D eigenvalue weighted by molar-refractivity contribution is -0.138. The smallest absolute Gasteiger partial charge is 0.303 e. The Morgan fingerprint density at radius 3 is 1.40 bits per heavy atom. The van der Waals surface area contributed by atoms with Gasteiger partial charge in [0, 0.05) is 12.8 Å². The highest BCUT2D eigenvalue weighted by atomic mass is 16.4. The van der Waals surface area contributed by atoms with Gasteiger partial charge in [-0.1, -0.05) is 90.4 Å². The van der Waals surface area contributed by atoms with E-state index in [9.17, 15) is 9.59 Å². The number of hydrogen-bond donors (Lipinski definition) is 2. The average Bonchev–Trinajstić information content (AvgIpc) is 2.57. The van der Waals surface area contributed by atoms with Crippen LogP contribution in [0.2, 0.25) is 0 Å². The first-order valence-electron chi connectivity index (χ1n) is 10.5. The Labute approximate surface area is 154 Å². The van der Waals surface area contributed by atoms with Gasteiger partial charge in [-0.2, -0.15) is 0 Å². The molecule has 0 aromatic rings. The minimum atomic E-state index is -0.675. The standard InChI is InChI=1S/C21H40O4/c1-2-19(17-18-21(24)25)15-13-11-9-7-5-3-4-6-8-10-12-14-16-20(22)23/h19H,2-18H2,1H3,(H,22,23)(H,24,25). The first-order valence-corrected chi connectivity index (χ1v) is 10.5. The molecule has 0 radical (unpaired) electrons. The number of carboxylic acid groups (broad SMARTS) is 2. The Morgan fingerprint density at radius 1 is 0.600 bits per heavy atom. The molecule has 148 valence electrons. The number of hydrogen-bond acceptors (Lipinski definition) is 2. The van der Waals surface area contributed by atoms with E-state index in [1.165, 1.54) is 70.6 Å². The van der Waals surface area contributed by atoms with Crippen LogP contribution in [0.5, 0.6) is 0 Å². The quantitative estimate of drug-likeness (QED) is 0.262. The largest absolute Gasteiger partial charge is 0.481 e. The summed E-state index contributed by atoms with van der Waals surface area (Å²) in [7, 11) is 0. The Balaban J connectivity index is 3.22. The molecule has 1 unspecified atom stereocenters. The van der Waals surface area contributed by atoms with Crippen molar-refractivity contribution in [3.05, 3.63) is 0 Å². The van der Waals surface area contributed by atoms with Crippen molar-refractivity contribution in [2.45, 2.75) is 116 Å². The highest BCUT2D eigenvalue weighted by Gasteiger charge is 2.08. The molecule has 0 heterocycles. The average molecular weight is 357 g/mol. The molecule has 0 bridgehead atoms. The summed E-state index contributed by atoms with van der Waals surface area (Å²) < 4.78 is 0. The maximum atomic E-state index is 10.6. The van der Waals surface area contributed by atoms with E-state index < -0.39 is 11.9 Å². The van der Waals surface area contributed by atoms with E-state index in [4.69, 9.17) is 10.2 Å². The lowest BCUT2D eigenvalue weighted by atomic mass is 9.93. The molecule has 0 saturated carbocycles. The predicted octanol–water partition coefficient (Wildman–Crippen LogP) is 6.42. The third-order valence-corrected chi connectivity index (χ3v) is 5.10. The molecule has 2 N–H and O–H groups in total. The molecule has 25 heavy (non-hydrogen) atoms. The van der Waals surface area contributed by atoms with Crippen LogP contribution in [-0.2, 0) is 9.59 Å². The molecule has 0 rings (SSSR count). The molecule has 1 atom stereocenters. The predicted molar refractivity (Wildman–Crippen MR) is 103 cm³/mol. The minimum absolute atomic E-state index is 0.318. The fourth-order valence-corrected chi connectivity index (χ4v) is 3.36. The highest BCUT2D eigenvalue weighted by Crippen LogP contribution is 2.20. The normalized spacial score (nSPS) is 12.2. The Kier molecular flexibility index (Phi) is 17.0. The van der Waals surface area contributed by atoms with E-state index in [2.05, 4.69) is 6.92 Å². The zero-order valence-corrected chi connectivity index (χ0v) is 16.3. The molecular weight excluding hydrogens is 316 g/mol. The van der Waals surface area contributed by atoms with Gasteiger partial charge in [0.05, 0.1) is 0 Å². The zero-order valence-electron chi connectivity index (χ0n) is 16.3. The fraction of sp³-hybridized carbons (Fsp3) is 0.905. The third kappa shape index (κ3) is 19.1. The van der Waals surface area contributed by atoms with Crippen LogP contribution in [0, 0.1) is 5.92 Å². The molecule has 0 aliphatic carbocycles. The molecule has 4 nitrogen and oxygen atoms in total. The molecule has 0 aromatic carbocycles. The van der Waals surface area contributed by atoms with E-state index >= 15 is 0 Å². The molecule has 0 saturated heterocycles. The number of carboxylic acids is 2. The van der Waals surface area contributed by atoms with Gasteiger partial charge < -0.3 is 10.2 Å². The van der Waals surface area contributed by atoms with E-state index in [1.807, 2.05) is 0 Å². The number of carbonyl (C=O) groups is 2. The summed E-state index contributed by atoms with van der Waals surface area (Å²) in [5, 5.41) is 17.3. The summed E-state index contributed by atoms with van der Waals surface area (Å²) in [5.74, 6) is -0.754. The monoisotopic (exact) mass is 356 g/mol. The number of aliphatic carboxylic acids is 2. The van der Waals surface area contributed by atoms with Gasteiger partial charge in [0.25, 0.3) is 0 Å². The second-order valence-corrected chi connectivity index (χ2v) is 7.38. The molecule has 0 spiro atoms. The van der Waals surface area contributed by atoms with Gasteiger partial charge in [0.2, 0.25) is 0 Å². The van der Waals surface area contributed by atoms with Crippen molar-refractivity contribution in [2.75, 3.05) is 0 Å². The van der Waals surface area contributed by atoms with Crippen molar-refractivity contribution in [3.8, 4) is 0 Å². The fourth-order valence-electron chi connectivity index (χ4n) is 3.36. The van der Waals surface area contributed by atoms with Crippen LogP contribution in [0.25, 0.3) is 0 Å². The second kappa shape index (κ2) is 17.8. The van der Waals surface area contributed by atoms with Gasteiger partial charge in [-0.15, -0.1) is 0 Å². The maximum Gasteiger partial charge on any atom is 0.303 e. The van der Waals surface area contributed by atoms with E-state index in [1.54, 1.807) is 0 Å². The van der Waals surface area contributed by atoms with Gasteiger partial charge in [0.15, 0.2) is 0 Å². The van der Waals surface area contributed by atoms with Crippen molar-refractivity contribution < 1.29 is 19.8 Å². The summed E-state index contributed by atoms with van der Waals surface area (Å²) in [6, 6.07) is 0. The molecule has 0 aliphatic heterocycles. The molecule has 0 fully saturated rings. The van der Waals surface area contributed by atoms with Gasteiger partial charge in [-0.05, 0) is 18.8 Å². The van der Waals surface area contributed by atoms with Crippen LogP contribution >= 0.6 is 0 Å².